The first-order valence-corrected chi connectivity index (χ1v) is 5.65. The van der Waals surface area contributed by atoms with E-state index in [0.29, 0.717) is 18.9 Å². The Hall–Kier alpha value is -2.97. The minimum atomic E-state index is -0.653. The highest BCUT2D eigenvalue weighted by molar-refractivity contribution is 5.94. The summed E-state index contributed by atoms with van der Waals surface area (Å²) in [6.45, 7) is 0.339. The highest BCUT2D eigenvalue weighted by Gasteiger charge is 2.15. The first-order chi connectivity index (χ1) is 9.58. The minimum Gasteiger partial charge on any atom is -0.379 e. The number of primary amides is 1. The van der Waals surface area contributed by atoms with Crippen LogP contribution in [0.15, 0.2) is 29.0 Å². The number of nitro benzene ring substituents is 1. The lowest BCUT2D eigenvalue weighted by molar-refractivity contribution is -0.384. The average molecular weight is 277 g/mol. The molecule has 0 atom stereocenters. The molecule has 0 fully saturated rings. The Morgan fingerprint density at radius 3 is 2.90 bits per heavy atom. The smallest absolute Gasteiger partial charge is 0.292 e. The number of rotatable bonds is 6. The molecule has 0 saturated carbocycles. The molecule has 3 N–H and O–H groups in total. The minimum absolute atomic E-state index is 0.138. The van der Waals surface area contributed by atoms with Gasteiger partial charge < -0.3 is 15.6 Å². The number of nitrogens with one attached hydrogen (secondary N) is 1. The monoisotopic (exact) mass is 277 g/mol. The predicted molar refractivity (Wildman–Crippen MR) is 68.1 cm³/mol. The first-order valence-electron chi connectivity index (χ1n) is 5.65. The number of benzene rings is 1. The van der Waals surface area contributed by atoms with E-state index in [4.69, 9.17) is 10.3 Å². The number of aromatic nitrogens is 2. The third kappa shape index (κ3) is 3.07. The maximum absolute atomic E-state index is 11.1. The third-order valence-electron chi connectivity index (χ3n) is 2.54. The summed E-state index contributed by atoms with van der Waals surface area (Å²) in [4.78, 5) is 25.3. The molecule has 0 saturated heterocycles. The van der Waals surface area contributed by atoms with Gasteiger partial charge in [0.2, 0.25) is 11.8 Å². The number of hydrogen-bond donors (Lipinski definition) is 2. The molecule has 20 heavy (non-hydrogen) atoms. The molecular weight excluding hydrogens is 266 g/mol. The van der Waals surface area contributed by atoms with Crippen molar-refractivity contribution in [2.24, 2.45) is 5.73 Å². The van der Waals surface area contributed by atoms with Crippen molar-refractivity contribution < 1.29 is 14.2 Å². The van der Waals surface area contributed by atoms with E-state index in [1.165, 1.54) is 24.5 Å². The Kier molecular flexibility index (Phi) is 3.89. The van der Waals surface area contributed by atoms with Crippen molar-refractivity contribution in [3.8, 4) is 0 Å². The SMILES string of the molecule is NC(=O)c1ccc([N+](=O)[O-])c(NCCc2ncno2)c1. The molecule has 1 amide bonds. The predicted octanol–water partition coefficient (Wildman–Crippen LogP) is 0.731. The van der Waals surface area contributed by atoms with Crippen LogP contribution in [0.4, 0.5) is 11.4 Å². The molecule has 0 aliphatic heterocycles. The summed E-state index contributed by atoms with van der Waals surface area (Å²) in [5.74, 6) is -0.244. The zero-order chi connectivity index (χ0) is 14.5. The van der Waals surface area contributed by atoms with Crippen LogP contribution in [-0.4, -0.2) is 27.5 Å². The quantitative estimate of drug-likeness (QED) is 0.586. The van der Waals surface area contributed by atoms with Crippen LogP contribution in [0.3, 0.4) is 0 Å². The van der Waals surface area contributed by atoms with Gasteiger partial charge in [-0.1, -0.05) is 5.16 Å². The lowest BCUT2D eigenvalue weighted by atomic mass is 10.1. The zero-order valence-corrected chi connectivity index (χ0v) is 10.3. The number of nitrogens with zero attached hydrogens (tertiary/aromatic N) is 3. The molecule has 1 aromatic carbocycles. The van der Waals surface area contributed by atoms with E-state index in [1.807, 2.05) is 0 Å². The summed E-state index contributed by atoms with van der Waals surface area (Å²) in [7, 11) is 0. The molecule has 2 aromatic rings. The van der Waals surface area contributed by atoms with Crippen molar-refractivity contribution in [3.05, 3.63) is 46.1 Å². The molecule has 0 unspecified atom stereocenters. The Bertz CT molecular complexity index is 626. The van der Waals surface area contributed by atoms with Crippen molar-refractivity contribution in [1.82, 2.24) is 10.1 Å². The molecule has 0 aliphatic carbocycles. The number of nitrogens with two attached hydrogens (primary N) is 1. The van der Waals surface area contributed by atoms with Crippen LogP contribution in [0.2, 0.25) is 0 Å². The van der Waals surface area contributed by atoms with Crippen molar-refractivity contribution in [3.63, 3.8) is 0 Å². The molecule has 1 heterocycles. The van der Waals surface area contributed by atoms with E-state index in [9.17, 15) is 14.9 Å². The van der Waals surface area contributed by atoms with Crippen molar-refractivity contribution >= 4 is 17.3 Å². The molecule has 2 rings (SSSR count). The Morgan fingerprint density at radius 1 is 1.50 bits per heavy atom. The maximum Gasteiger partial charge on any atom is 0.292 e. The Labute approximate surface area is 112 Å². The lowest BCUT2D eigenvalue weighted by Crippen LogP contribution is -2.13. The fourth-order valence-corrected chi connectivity index (χ4v) is 1.60. The number of hydrogen-bond acceptors (Lipinski definition) is 7. The highest BCUT2D eigenvalue weighted by Crippen LogP contribution is 2.25. The summed E-state index contributed by atoms with van der Waals surface area (Å²) in [6.07, 6.45) is 1.67. The zero-order valence-electron chi connectivity index (χ0n) is 10.3. The summed E-state index contributed by atoms with van der Waals surface area (Å²) < 4.78 is 4.80. The number of carbonyl (C=O) groups is 1. The van der Waals surface area contributed by atoms with Gasteiger partial charge in [-0.15, -0.1) is 0 Å². The van der Waals surface area contributed by atoms with E-state index < -0.39 is 10.8 Å². The summed E-state index contributed by atoms with van der Waals surface area (Å²) in [5.41, 5.74) is 5.41. The Morgan fingerprint density at radius 2 is 2.30 bits per heavy atom. The van der Waals surface area contributed by atoms with Gasteiger partial charge in [0.1, 0.15) is 5.69 Å². The van der Waals surface area contributed by atoms with Gasteiger partial charge in [0, 0.05) is 24.6 Å². The molecule has 104 valence electrons. The van der Waals surface area contributed by atoms with E-state index in [-0.39, 0.29) is 16.9 Å². The normalized spacial score (nSPS) is 10.2. The molecule has 0 spiro atoms. The molecule has 9 nitrogen and oxygen atoms in total. The van der Waals surface area contributed by atoms with E-state index in [2.05, 4.69) is 15.5 Å². The van der Waals surface area contributed by atoms with Gasteiger partial charge in [-0.25, -0.2) is 0 Å². The van der Waals surface area contributed by atoms with Gasteiger partial charge in [-0.3, -0.25) is 14.9 Å². The molecule has 0 aliphatic rings. The molecule has 0 bridgehead atoms. The average Bonchev–Trinajstić information content (AvgIpc) is 2.91. The van der Waals surface area contributed by atoms with E-state index in [0.717, 1.165) is 0 Å². The standard InChI is InChI=1S/C11H11N5O4/c12-11(17)7-1-2-9(16(18)19)8(5-7)13-4-3-10-14-6-15-20-10/h1-2,5-6,13H,3-4H2,(H2,12,17). The van der Waals surface area contributed by atoms with Crippen LogP contribution < -0.4 is 11.1 Å². The highest BCUT2D eigenvalue weighted by atomic mass is 16.6. The second-order valence-corrected chi connectivity index (χ2v) is 3.87. The van der Waals surface area contributed by atoms with Gasteiger partial charge in [0.05, 0.1) is 4.92 Å². The molecule has 0 radical (unpaired) electrons. The molecule has 9 heteroatoms. The van der Waals surface area contributed by atoms with Crippen LogP contribution in [0, 0.1) is 10.1 Å². The van der Waals surface area contributed by atoms with Crippen LogP contribution in [0.25, 0.3) is 0 Å². The van der Waals surface area contributed by atoms with Gasteiger partial charge in [0.15, 0.2) is 6.33 Å². The third-order valence-corrected chi connectivity index (χ3v) is 2.54. The number of amides is 1. The Balaban J connectivity index is 2.13. The summed E-state index contributed by atoms with van der Waals surface area (Å²) in [5, 5.41) is 17.2. The second-order valence-electron chi connectivity index (χ2n) is 3.87. The van der Waals surface area contributed by atoms with Gasteiger partial charge >= 0.3 is 0 Å². The van der Waals surface area contributed by atoms with E-state index >= 15 is 0 Å². The van der Waals surface area contributed by atoms with E-state index in [1.54, 1.807) is 0 Å². The topological polar surface area (TPSA) is 137 Å². The summed E-state index contributed by atoms with van der Waals surface area (Å²) >= 11 is 0. The first kappa shape index (κ1) is 13.5. The van der Waals surface area contributed by atoms with Crippen LogP contribution >= 0.6 is 0 Å². The summed E-state index contributed by atoms with van der Waals surface area (Å²) in [6, 6.07) is 3.88. The van der Waals surface area contributed by atoms with Crippen LogP contribution in [0.1, 0.15) is 16.2 Å². The fourth-order valence-electron chi connectivity index (χ4n) is 1.60. The van der Waals surface area contributed by atoms with Crippen LogP contribution in [-0.2, 0) is 6.42 Å². The largest absolute Gasteiger partial charge is 0.379 e. The van der Waals surface area contributed by atoms with Gasteiger partial charge in [0.25, 0.3) is 5.69 Å². The maximum atomic E-state index is 11.1. The number of carbonyl (C=O) groups excluding carboxylic acids is 1. The molecular formula is C11H11N5O4. The molecule has 1 aromatic heterocycles. The second kappa shape index (κ2) is 5.78. The van der Waals surface area contributed by atoms with Crippen molar-refractivity contribution in [2.75, 3.05) is 11.9 Å². The van der Waals surface area contributed by atoms with Crippen molar-refractivity contribution in [2.45, 2.75) is 6.42 Å². The lowest BCUT2D eigenvalue weighted by Gasteiger charge is -2.07. The van der Waals surface area contributed by atoms with Crippen molar-refractivity contribution in [1.29, 1.82) is 0 Å². The van der Waals surface area contributed by atoms with Gasteiger partial charge in [-0.2, -0.15) is 4.98 Å². The number of nitro groups is 1. The number of anilines is 1. The van der Waals surface area contributed by atoms with Gasteiger partial charge in [-0.05, 0) is 12.1 Å². The van der Waals surface area contributed by atoms with Crippen LogP contribution in [0.5, 0.6) is 0 Å². The fraction of sp³-hybridized carbons (Fsp3) is 0.182.